The molecule has 0 amide bonds. The topological polar surface area (TPSA) is 27.7 Å². The highest BCUT2D eigenvalue weighted by molar-refractivity contribution is 5.27. The van der Waals surface area contributed by atoms with E-state index in [1.165, 1.54) is 5.56 Å². The van der Waals surface area contributed by atoms with Gasteiger partial charge >= 0.3 is 0 Å². The second kappa shape index (κ2) is 8.32. The summed E-state index contributed by atoms with van der Waals surface area (Å²) in [5.41, 5.74) is 1.30. The number of para-hydroxylation sites is 1. The molecule has 2 aromatic rings. The molecule has 1 atom stereocenters. The number of benzene rings is 2. The molecule has 0 radical (unpaired) electrons. The van der Waals surface area contributed by atoms with Crippen molar-refractivity contribution in [3.63, 3.8) is 0 Å². The Labute approximate surface area is 126 Å². The molecule has 0 saturated heterocycles. The first-order chi connectivity index (χ1) is 10.3. The average Bonchev–Trinajstić information content (AvgIpc) is 2.53. The van der Waals surface area contributed by atoms with E-state index in [0.717, 1.165) is 17.9 Å². The lowest BCUT2D eigenvalue weighted by Gasteiger charge is -2.16. The Bertz CT molecular complexity index is 508. The molecule has 0 heterocycles. The summed E-state index contributed by atoms with van der Waals surface area (Å²) in [6, 6.07) is 17.8. The predicted octanol–water partition coefficient (Wildman–Crippen LogP) is 4.07. The highest BCUT2D eigenvalue weighted by atomic mass is 16.7. The van der Waals surface area contributed by atoms with Gasteiger partial charge in [-0.3, -0.25) is 0 Å². The van der Waals surface area contributed by atoms with Crippen molar-refractivity contribution in [3.8, 4) is 11.5 Å². The maximum absolute atomic E-state index is 5.69. The van der Waals surface area contributed by atoms with Gasteiger partial charge in [-0.15, -0.1) is 0 Å². The van der Waals surface area contributed by atoms with E-state index in [-0.39, 0.29) is 6.29 Å². The van der Waals surface area contributed by atoms with Crippen LogP contribution in [0.2, 0.25) is 0 Å². The van der Waals surface area contributed by atoms with E-state index in [4.69, 9.17) is 14.2 Å². The first kappa shape index (κ1) is 15.4. The molecule has 21 heavy (non-hydrogen) atoms. The molecule has 0 aromatic heterocycles. The second-order valence-electron chi connectivity index (χ2n) is 4.72. The maximum atomic E-state index is 5.69. The van der Waals surface area contributed by atoms with Crippen molar-refractivity contribution in [2.75, 3.05) is 13.2 Å². The average molecular weight is 286 g/mol. The van der Waals surface area contributed by atoms with Gasteiger partial charge in [-0.2, -0.15) is 0 Å². The number of aryl methyl sites for hydroxylation is 1. The third-order valence-corrected chi connectivity index (χ3v) is 3.08. The molecule has 0 bridgehead atoms. The summed E-state index contributed by atoms with van der Waals surface area (Å²) in [5.74, 6) is 1.67. The highest BCUT2D eigenvalue weighted by Crippen LogP contribution is 2.14. The zero-order chi connectivity index (χ0) is 14.9. The SMILES string of the molecule is CCc1ccc(OC(C)OCCOc2ccccc2)cc1. The first-order valence-electron chi connectivity index (χ1n) is 7.33. The molecular weight excluding hydrogens is 264 g/mol. The van der Waals surface area contributed by atoms with Crippen molar-refractivity contribution >= 4 is 0 Å². The molecule has 0 N–H and O–H groups in total. The lowest BCUT2D eigenvalue weighted by Crippen LogP contribution is -2.19. The lowest BCUT2D eigenvalue weighted by atomic mass is 10.2. The van der Waals surface area contributed by atoms with Gasteiger partial charge in [0.25, 0.3) is 0 Å². The Kier molecular flexibility index (Phi) is 6.10. The van der Waals surface area contributed by atoms with Crippen LogP contribution in [-0.2, 0) is 11.2 Å². The minimum Gasteiger partial charge on any atom is -0.491 e. The molecule has 0 fully saturated rings. The van der Waals surface area contributed by atoms with E-state index in [0.29, 0.717) is 13.2 Å². The number of hydrogen-bond donors (Lipinski definition) is 0. The number of ether oxygens (including phenoxy) is 3. The van der Waals surface area contributed by atoms with Gasteiger partial charge in [0.2, 0.25) is 0 Å². The monoisotopic (exact) mass is 286 g/mol. The van der Waals surface area contributed by atoms with Crippen molar-refractivity contribution < 1.29 is 14.2 Å². The summed E-state index contributed by atoms with van der Waals surface area (Å²) >= 11 is 0. The van der Waals surface area contributed by atoms with Crippen LogP contribution < -0.4 is 9.47 Å². The van der Waals surface area contributed by atoms with Crippen molar-refractivity contribution in [2.24, 2.45) is 0 Å². The molecule has 2 aromatic carbocycles. The molecule has 0 spiro atoms. The zero-order valence-electron chi connectivity index (χ0n) is 12.6. The van der Waals surface area contributed by atoms with Crippen molar-refractivity contribution in [1.82, 2.24) is 0 Å². The van der Waals surface area contributed by atoms with Gasteiger partial charge in [-0.05, 0) is 43.2 Å². The summed E-state index contributed by atoms with van der Waals surface area (Å²) < 4.78 is 16.8. The first-order valence-corrected chi connectivity index (χ1v) is 7.33. The Hall–Kier alpha value is -2.00. The van der Waals surface area contributed by atoms with E-state index in [2.05, 4.69) is 19.1 Å². The van der Waals surface area contributed by atoms with Crippen LogP contribution in [0.15, 0.2) is 54.6 Å². The van der Waals surface area contributed by atoms with Crippen LogP contribution in [0.4, 0.5) is 0 Å². The quantitative estimate of drug-likeness (QED) is 0.541. The Morgan fingerprint density at radius 3 is 2.24 bits per heavy atom. The van der Waals surface area contributed by atoms with Crippen LogP contribution in [0.5, 0.6) is 11.5 Å². The molecule has 0 aliphatic carbocycles. The summed E-state index contributed by atoms with van der Waals surface area (Å²) in [6.45, 7) is 5.01. The Morgan fingerprint density at radius 1 is 0.857 bits per heavy atom. The van der Waals surface area contributed by atoms with Crippen LogP contribution in [0.1, 0.15) is 19.4 Å². The highest BCUT2D eigenvalue weighted by Gasteiger charge is 2.04. The van der Waals surface area contributed by atoms with E-state index in [9.17, 15) is 0 Å². The molecule has 0 saturated carbocycles. The van der Waals surface area contributed by atoms with Crippen molar-refractivity contribution in [2.45, 2.75) is 26.6 Å². The smallest absolute Gasteiger partial charge is 0.197 e. The van der Waals surface area contributed by atoms with E-state index < -0.39 is 0 Å². The van der Waals surface area contributed by atoms with Gasteiger partial charge in [0.15, 0.2) is 6.29 Å². The normalized spacial score (nSPS) is 11.9. The van der Waals surface area contributed by atoms with Crippen LogP contribution in [-0.4, -0.2) is 19.5 Å². The summed E-state index contributed by atoms with van der Waals surface area (Å²) in [7, 11) is 0. The molecule has 2 rings (SSSR count). The maximum Gasteiger partial charge on any atom is 0.197 e. The van der Waals surface area contributed by atoms with Crippen LogP contribution >= 0.6 is 0 Å². The van der Waals surface area contributed by atoms with Crippen LogP contribution in [0.25, 0.3) is 0 Å². The van der Waals surface area contributed by atoms with Gasteiger partial charge in [-0.1, -0.05) is 37.3 Å². The molecule has 1 unspecified atom stereocenters. The minimum atomic E-state index is -0.295. The largest absolute Gasteiger partial charge is 0.491 e. The molecule has 3 nitrogen and oxygen atoms in total. The third kappa shape index (κ3) is 5.48. The summed E-state index contributed by atoms with van der Waals surface area (Å²) in [4.78, 5) is 0. The fourth-order valence-corrected chi connectivity index (χ4v) is 1.92. The van der Waals surface area contributed by atoms with Gasteiger partial charge in [0.1, 0.15) is 18.1 Å². The number of rotatable bonds is 8. The molecule has 0 aliphatic rings. The Balaban J connectivity index is 1.66. The molecule has 0 aliphatic heterocycles. The third-order valence-electron chi connectivity index (χ3n) is 3.08. The summed E-state index contributed by atoms with van der Waals surface area (Å²) in [6.07, 6.45) is 0.736. The zero-order valence-corrected chi connectivity index (χ0v) is 12.6. The lowest BCUT2D eigenvalue weighted by molar-refractivity contribution is -0.0739. The van der Waals surface area contributed by atoms with E-state index >= 15 is 0 Å². The molecule has 112 valence electrons. The van der Waals surface area contributed by atoms with E-state index in [1.807, 2.05) is 49.4 Å². The standard InChI is InChI=1S/C18H22O3/c1-3-16-9-11-18(12-10-16)21-15(2)19-13-14-20-17-7-5-4-6-8-17/h4-12,15H,3,13-14H2,1-2H3. The van der Waals surface area contributed by atoms with Crippen LogP contribution in [0, 0.1) is 0 Å². The van der Waals surface area contributed by atoms with Gasteiger partial charge in [0.05, 0.1) is 6.61 Å². The fourth-order valence-electron chi connectivity index (χ4n) is 1.92. The van der Waals surface area contributed by atoms with Gasteiger partial charge < -0.3 is 14.2 Å². The molecule has 3 heteroatoms. The predicted molar refractivity (Wildman–Crippen MR) is 83.8 cm³/mol. The van der Waals surface area contributed by atoms with Crippen LogP contribution in [0.3, 0.4) is 0 Å². The van der Waals surface area contributed by atoms with Crippen molar-refractivity contribution in [3.05, 3.63) is 60.2 Å². The second-order valence-corrected chi connectivity index (χ2v) is 4.72. The van der Waals surface area contributed by atoms with Gasteiger partial charge in [0, 0.05) is 0 Å². The fraction of sp³-hybridized carbons (Fsp3) is 0.333. The number of hydrogen-bond acceptors (Lipinski definition) is 3. The minimum absolute atomic E-state index is 0.295. The van der Waals surface area contributed by atoms with Crippen molar-refractivity contribution in [1.29, 1.82) is 0 Å². The van der Waals surface area contributed by atoms with Gasteiger partial charge in [-0.25, -0.2) is 0 Å². The Morgan fingerprint density at radius 2 is 1.57 bits per heavy atom. The molecular formula is C18H22O3. The summed E-state index contributed by atoms with van der Waals surface area (Å²) in [5, 5.41) is 0. The van der Waals surface area contributed by atoms with E-state index in [1.54, 1.807) is 0 Å².